The first-order valence-electron chi connectivity index (χ1n) is 12.2. The molecule has 0 aliphatic carbocycles. The molecule has 4 rings (SSSR count). The number of aryl methyl sites for hydroxylation is 1. The second kappa shape index (κ2) is 12.1. The highest BCUT2D eigenvalue weighted by atomic mass is 32.1. The maximum atomic E-state index is 12.9. The Kier molecular flexibility index (Phi) is 8.66. The quantitative estimate of drug-likeness (QED) is 0.550. The predicted molar refractivity (Wildman–Crippen MR) is 136 cm³/mol. The van der Waals surface area contributed by atoms with E-state index in [1.807, 2.05) is 25.1 Å². The first-order valence-corrected chi connectivity index (χ1v) is 13.0. The number of ether oxygens (including phenoxy) is 1. The summed E-state index contributed by atoms with van der Waals surface area (Å²) in [6.45, 7) is 8.53. The van der Waals surface area contributed by atoms with Gasteiger partial charge in [0.15, 0.2) is 0 Å². The van der Waals surface area contributed by atoms with Crippen LogP contribution in [0.1, 0.15) is 70.2 Å². The summed E-state index contributed by atoms with van der Waals surface area (Å²) in [4.78, 5) is 16.4. The van der Waals surface area contributed by atoms with Crippen LogP contribution < -0.4 is 10.1 Å². The average molecular weight is 479 g/mol. The van der Waals surface area contributed by atoms with E-state index in [9.17, 15) is 4.79 Å². The number of fused-ring (bicyclic) bond motifs is 3. The van der Waals surface area contributed by atoms with Gasteiger partial charge < -0.3 is 10.1 Å². The van der Waals surface area contributed by atoms with Gasteiger partial charge in [0.2, 0.25) is 0 Å². The smallest absolute Gasteiger partial charge is 0.251 e. The topological polar surface area (TPSA) is 67.3 Å². The second-order valence-corrected chi connectivity index (χ2v) is 9.81. The first-order chi connectivity index (χ1) is 16.6. The monoisotopic (exact) mass is 478 g/mol. The minimum absolute atomic E-state index is 0.0982. The number of nitrogens with zero attached hydrogens (tertiary/aromatic N) is 3. The van der Waals surface area contributed by atoms with Crippen LogP contribution in [0.25, 0.3) is 0 Å². The third kappa shape index (κ3) is 6.64. The molecule has 0 saturated carbocycles. The molecule has 6 nitrogen and oxygen atoms in total. The molecule has 2 heterocycles. The molecule has 1 aromatic heterocycles. The van der Waals surface area contributed by atoms with Crippen LogP contribution in [0.5, 0.6) is 5.75 Å². The number of nitrogens with one attached hydrogen (secondary N) is 1. The molecule has 2 aromatic carbocycles. The molecule has 7 heteroatoms. The summed E-state index contributed by atoms with van der Waals surface area (Å²) in [5.41, 5.74) is 5.12. The van der Waals surface area contributed by atoms with Gasteiger partial charge in [-0.25, -0.2) is 0 Å². The van der Waals surface area contributed by atoms with Crippen molar-refractivity contribution in [3.63, 3.8) is 0 Å². The Morgan fingerprint density at radius 1 is 1.15 bits per heavy atom. The fourth-order valence-electron chi connectivity index (χ4n) is 4.37. The van der Waals surface area contributed by atoms with Crippen LogP contribution in [0.4, 0.5) is 0 Å². The normalized spacial score (nSPS) is 15.1. The summed E-state index contributed by atoms with van der Waals surface area (Å²) in [7, 11) is 0. The standard InChI is InChI=1S/C27H34N4O2S/c1-3-12-31-13-5-4-6-14-33-25-11-10-23(27(32)28-18-26-20(2)29-30-34-26)17-24(25)16-21-8-7-9-22(15-21)19-31/h7-11,15,17H,3-6,12-14,16,18-19H2,1-2H3,(H,28,32). The minimum atomic E-state index is -0.0982. The van der Waals surface area contributed by atoms with Gasteiger partial charge in [0.25, 0.3) is 5.91 Å². The van der Waals surface area contributed by atoms with Crippen molar-refractivity contribution >= 4 is 17.4 Å². The SMILES string of the molecule is CCCN1CCCCCOc2ccc(C(=O)NCc3snnc3C)cc2Cc2cccc(c2)C1. The highest BCUT2D eigenvalue weighted by Gasteiger charge is 2.14. The summed E-state index contributed by atoms with van der Waals surface area (Å²) < 4.78 is 10.1. The van der Waals surface area contributed by atoms with Crippen LogP contribution >= 0.6 is 11.5 Å². The van der Waals surface area contributed by atoms with Gasteiger partial charge in [-0.1, -0.05) is 35.7 Å². The maximum Gasteiger partial charge on any atom is 0.251 e. The van der Waals surface area contributed by atoms with Crippen molar-refractivity contribution in [3.8, 4) is 5.75 Å². The Morgan fingerprint density at radius 2 is 2.03 bits per heavy atom. The third-order valence-corrected chi connectivity index (χ3v) is 7.01. The van der Waals surface area contributed by atoms with Gasteiger partial charge in [0, 0.05) is 18.5 Å². The van der Waals surface area contributed by atoms with Crippen molar-refractivity contribution in [2.45, 2.75) is 59.0 Å². The lowest BCUT2D eigenvalue weighted by Gasteiger charge is -2.22. The average Bonchev–Trinajstić information content (AvgIpc) is 3.25. The van der Waals surface area contributed by atoms with Crippen LogP contribution in [0, 0.1) is 6.92 Å². The van der Waals surface area contributed by atoms with E-state index in [-0.39, 0.29) is 5.91 Å². The van der Waals surface area contributed by atoms with Gasteiger partial charge >= 0.3 is 0 Å². The summed E-state index contributed by atoms with van der Waals surface area (Å²) in [5.74, 6) is 0.771. The third-order valence-electron chi connectivity index (χ3n) is 6.19. The van der Waals surface area contributed by atoms with E-state index in [2.05, 4.69) is 51.0 Å². The van der Waals surface area contributed by atoms with E-state index in [4.69, 9.17) is 4.74 Å². The molecule has 34 heavy (non-hydrogen) atoms. The Balaban J connectivity index is 1.55. The Labute approximate surface area is 206 Å². The van der Waals surface area contributed by atoms with E-state index in [1.54, 1.807) is 0 Å². The zero-order valence-corrected chi connectivity index (χ0v) is 21.0. The van der Waals surface area contributed by atoms with E-state index >= 15 is 0 Å². The molecule has 0 spiro atoms. The second-order valence-electron chi connectivity index (χ2n) is 8.97. The molecule has 3 aromatic rings. The van der Waals surface area contributed by atoms with Crippen LogP contribution in [0.3, 0.4) is 0 Å². The van der Waals surface area contributed by atoms with Crippen LogP contribution in [-0.4, -0.2) is 40.1 Å². The molecule has 2 bridgehead atoms. The van der Waals surface area contributed by atoms with E-state index < -0.39 is 0 Å². The minimum Gasteiger partial charge on any atom is -0.493 e. The molecule has 1 aliphatic rings. The van der Waals surface area contributed by atoms with Crippen LogP contribution in [-0.2, 0) is 19.5 Å². The number of rotatable bonds is 5. The van der Waals surface area contributed by atoms with Gasteiger partial charge in [-0.15, -0.1) is 5.10 Å². The van der Waals surface area contributed by atoms with Crippen molar-refractivity contribution < 1.29 is 9.53 Å². The molecular formula is C27H34N4O2S. The van der Waals surface area contributed by atoms with Gasteiger partial charge in [0.1, 0.15) is 5.75 Å². The molecule has 0 saturated heterocycles. The maximum absolute atomic E-state index is 12.9. The van der Waals surface area contributed by atoms with Crippen molar-refractivity contribution in [2.24, 2.45) is 0 Å². The van der Waals surface area contributed by atoms with Crippen molar-refractivity contribution in [3.05, 3.63) is 75.3 Å². The summed E-state index contributed by atoms with van der Waals surface area (Å²) in [6.07, 6.45) is 5.27. The van der Waals surface area contributed by atoms with Crippen molar-refractivity contribution in [2.75, 3.05) is 19.7 Å². The fourth-order valence-corrected chi connectivity index (χ4v) is 4.95. The molecule has 0 fully saturated rings. The molecule has 0 radical (unpaired) electrons. The zero-order chi connectivity index (χ0) is 23.8. The molecule has 1 amide bonds. The molecule has 0 atom stereocenters. The first kappa shape index (κ1) is 24.4. The number of amides is 1. The number of carbonyl (C=O) groups excluding carboxylic acids is 1. The van der Waals surface area contributed by atoms with Crippen LogP contribution in [0.2, 0.25) is 0 Å². The largest absolute Gasteiger partial charge is 0.493 e. The van der Waals surface area contributed by atoms with E-state index in [0.717, 1.165) is 60.8 Å². The molecular weight excluding hydrogens is 444 g/mol. The Morgan fingerprint density at radius 3 is 2.85 bits per heavy atom. The van der Waals surface area contributed by atoms with E-state index in [0.29, 0.717) is 18.7 Å². The van der Waals surface area contributed by atoms with Crippen molar-refractivity contribution in [1.82, 2.24) is 19.8 Å². The number of hydrogen-bond donors (Lipinski definition) is 1. The molecule has 1 N–H and O–H groups in total. The lowest BCUT2D eigenvalue weighted by molar-refractivity contribution is 0.0951. The summed E-state index contributed by atoms with van der Waals surface area (Å²) >= 11 is 1.32. The predicted octanol–water partition coefficient (Wildman–Crippen LogP) is 5.14. The highest BCUT2D eigenvalue weighted by Crippen LogP contribution is 2.25. The Bertz CT molecular complexity index is 1100. The lowest BCUT2D eigenvalue weighted by Crippen LogP contribution is -2.25. The summed E-state index contributed by atoms with van der Waals surface area (Å²) in [6, 6.07) is 14.6. The fraction of sp³-hybridized carbons (Fsp3) is 0.444. The number of benzene rings is 2. The van der Waals surface area contributed by atoms with Gasteiger partial charge in [-0.2, -0.15) is 0 Å². The van der Waals surface area contributed by atoms with Crippen LogP contribution in [0.15, 0.2) is 42.5 Å². The molecule has 180 valence electrons. The molecule has 0 unspecified atom stereocenters. The van der Waals surface area contributed by atoms with Gasteiger partial charge in [-0.05, 0) is 92.1 Å². The van der Waals surface area contributed by atoms with Crippen molar-refractivity contribution in [1.29, 1.82) is 0 Å². The Hall–Kier alpha value is -2.77. The molecule has 1 aliphatic heterocycles. The van der Waals surface area contributed by atoms with E-state index in [1.165, 1.54) is 35.5 Å². The number of hydrogen-bond acceptors (Lipinski definition) is 6. The summed E-state index contributed by atoms with van der Waals surface area (Å²) in [5, 5.41) is 7.01. The highest BCUT2D eigenvalue weighted by molar-refractivity contribution is 7.05. The lowest BCUT2D eigenvalue weighted by atomic mass is 9.99. The zero-order valence-electron chi connectivity index (χ0n) is 20.2. The van der Waals surface area contributed by atoms with Gasteiger partial charge in [0.05, 0.1) is 23.7 Å². The van der Waals surface area contributed by atoms with Gasteiger partial charge in [-0.3, -0.25) is 9.69 Å². The number of aromatic nitrogens is 2. The number of carbonyl (C=O) groups is 1.